The summed E-state index contributed by atoms with van der Waals surface area (Å²) in [5.41, 5.74) is 0.803. The van der Waals surface area contributed by atoms with Gasteiger partial charge in [-0.25, -0.2) is 23.1 Å². The molecule has 3 rings (SSSR count). The van der Waals surface area contributed by atoms with E-state index in [1.54, 1.807) is 20.2 Å². The molecule has 7 nitrogen and oxygen atoms in total. The van der Waals surface area contributed by atoms with Gasteiger partial charge in [0, 0.05) is 23.7 Å². The summed E-state index contributed by atoms with van der Waals surface area (Å²) >= 11 is 0. The van der Waals surface area contributed by atoms with Crippen LogP contribution < -0.4 is 14.2 Å². The lowest BCUT2D eigenvalue weighted by molar-refractivity contribution is 0.140. The molecular formula is C17H23N3O4S. The number of hydrogen-bond acceptors (Lipinski definition) is 6. The zero-order valence-electron chi connectivity index (χ0n) is 14.4. The van der Waals surface area contributed by atoms with Crippen molar-refractivity contribution in [2.24, 2.45) is 0 Å². The van der Waals surface area contributed by atoms with E-state index >= 15 is 0 Å². The van der Waals surface area contributed by atoms with E-state index in [0.717, 1.165) is 36.6 Å². The second-order valence-corrected chi connectivity index (χ2v) is 8.24. The third-order valence-corrected chi connectivity index (χ3v) is 5.94. The summed E-state index contributed by atoms with van der Waals surface area (Å²) in [6, 6.07) is 3.73. The number of benzene rings is 1. The fourth-order valence-electron chi connectivity index (χ4n) is 3.06. The Morgan fingerprint density at radius 1 is 1.20 bits per heavy atom. The molecule has 0 saturated heterocycles. The highest BCUT2D eigenvalue weighted by Crippen LogP contribution is 2.34. The highest BCUT2D eigenvalue weighted by molar-refractivity contribution is 7.89. The van der Waals surface area contributed by atoms with Crippen LogP contribution in [0.25, 0.3) is 10.9 Å². The average molecular weight is 365 g/mol. The van der Waals surface area contributed by atoms with Gasteiger partial charge in [-0.2, -0.15) is 0 Å². The molecule has 0 amide bonds. The highest BCUT2D eigenvalue weighted by atomic mass is 32.2. The first kappa shape index (κ1) is 17.9. The summed E-state index contributed by atoms with van der Waals surface area (Å²) in [7, 11) is -1.55. The minimum atomic E-state index is -3.16. The van der Waals surface area contributed by atoms with Gasteiger partial charge >= 0.3 is 0 Å². The molecular weight excluding hydrogens is 342 g/mol. The minimum Gasteiger partial charge on any atom is -0.493 e. The van der Waals surface area contributed by atoms with Crippen LogP contribution in [0.1, 0.15) is 32.6 Å². The molecule has 0 atom stereocenters. The van der Waals surface area contributed by atoms with E-state index in [2.05, 4.69) is 14.7 Å². The van der Waals surface area contributed by atoms with Crippen LogP contribution >= 0.6 is 0 Å². The lowest BCUT2D eigenvalue weighted by Crippen LogP contribution is -2.40. The number of aromatic nitrogens is 2. The Hall–Kier alpha value is -1.93. The topological polar surface area (TPSA) is 90.4 Å². The number of fused-ring (bicyclic) bond motifs is 1. The average Bonchev–Trinajstić information content (AvgIpc) is 2.62. The lowest BCUT2D eigenvalue weighted by Gasteiger charge is -2.29. The van der Waals surface area contributed by atoms with Gasteiger partial charge in [-0.15, -0.1) is 0 Å². The molecule has 1 aliphatic rings. The van der Waals surface area contributed by atoms with Crippen molar-refractivity contribution in [3.63, 3.8) is 0 Å². The summed E-state index contributed by atoms with van der Waals surface area (Å²) in [4.78, 5) is 8.25. The predicted octanol–water partition coefficient (Wildman–Crippen LogP) is 2.27. The van der Waals surface area contributed by atoms with Crippen molar-refractivity contribution in [1.82, 2.24) is 14.7 Å². The molecule has 1 aromatic carbocycles. The van der Waals surface area contributed by atoms with Gasteiger partial charge in [-0.05, 0) is 38.7 Å². The first-order valence-electron chi connectivity index (χ1n) is 8.45. The van der Waals surface area contributed by atoms with Crippen molar-refractivity contribution < 1.29 is 17.9 Å². The summed E-state index contributed by atoms with van der Waals surface area (Å²) in [6.07, 6.45) is 6.41. The predicted molar refractivity (Wildman–Crippen MR) is 95.4 cm³/mol. The molecule has 1 saturated carbocycles. The van der Waals surface area contributed by atoms with Gasteiger partial charge in [-0.1, -0.05) is 0 Å². The minimum absolute atomic E-state index is 0.00306. The maximum absolute atomic E-state index is 11.7. The van der Waals surface area contributed by atoms with Crippen LogP contribution in [0.5, 0.6) is 11.5 Å². The van der Waals surface area contributed by atoms with E-state index in [1.807, 2.05) is 12.1 Å². The van der Waals surface area contributed by atoms with Gasteiger partial charge in [0.05, 0.1) is 24.5 Å². The number of methoxy groups -OCH3 is 1. The zero-order chi connectivity index (χ0) is 17.9. The van der Waals surface area contributed by atoms with Gasteiger partial charge in [0.25, 0.3) is 0 Å². The molecule has 2 aromatic rings. The molecule has 1 heterocycles. The van der Waals surface area contributed by atoms with Gasteiger partial charge in [0.1, 0.15) is 6.33 Å². The lowest BCUT2D eigenvalue weighted by atomic mass is 9.93. The van der Waals surface area contributed by atoms with Crippen molar-refractivity contribution in [1.29, 1.82) is 0 Å². The van der Waals surface area contributed by atoms with Gasteiger partial charge in [0.2, 0.25) is 10.0 Å². The van der Waals surface area contributed by atoms with Gasteiger partial charge in [0.15, 0.2) is 11.5 Å². The first-order chi connectivity index (χ1) is 12.0. The van der Waals surface area contributed by atoms with Gasteiger partial charge < -0.3 is 9.47 Å². The smallest absolute Gasteiger partial charge is 0.211 e. The number of nitrogens with zero attached hydrogens (tertiary/aromatic N) is 2. The fourth-order valence-corrected chi connectivity index (χ4v) is 3.97. The van der Waals surface area contributed by atoms with E-state index in [9.17, 15) is 8.42 Å². The van der Waals surface area contributed by atoms with Crippen molar-refractivity contribution in [2.45, 2.75) is 44.8 Å². The SMILES string of the molecule is CCS(=O)(=O)N[C@H]1CC[C@H](Oc2cc3cncnc3cc2OC)CC1. The van der Waals surface area contributed by atoms with Crippen LogP contribution in [-0.2, 0) is 10.0 Å². The Bertz CT molecular complexity index is 833. The second kappa shape index (κ2) is 7.53. The third-order valence-electron chi connectivity index (χ3n) is 4.48. The standard InChI is InChI=1S/C17H23N3O4S/c1-3-25(21,22)20-13-4-6-14(7-5-13)24-17-8-12-10-18-11-19-15(12)9-16(17)23-2/h8-11,13-14,20H,3-7H2,1-2H3/t13-,14-. The van der Waals surface area contributed by atoms with Crippen LogP contribution in [-0.4, -0.2) is 43.4 Å². The molecule has 1 aromatic heterocycles. The molecule has 0 radical (unpaired) electrons. The molecule has 0 bridgehead atoms. The van der Waals surface area contributed by atoms with Crippen LogP contribution in [0.4, 0.5) is 0 Å². The number of sulfonamides is 1. The van der Waals surface area contributed by atoms with Crippen LogP contribution in [0.15, 0.2) is 24.7 Å². The molecule has 0 spiro atoms. The van der Waals surface area contributed by atoms with Crippen LogP contribution in [0.2, 0.25) is 0 Å². The monoisotopic (exact) mass is 365 g/mol. The molecule has 136 valence electrons. The number of ether oxygens (including phenoxy) is 2. The van der Waals surface area contributed by atoms with Crippen LogP contribution in [0, 0.1) is 0 Å². The van der Waals surface area contributed by atoms with E-state index in [4.69, 9.17) is 9.47 Å². The molecule has 1 fully saturated rings. The zero-order valence-corrected chi connectivity index (χ0v) is 15.3. The van der Waals surface area contributed by atoms with Crippen molar-refractivity contribution in [3.05, 3.63) is 24.7 Å². The molecule has 0 unspecified atom stereocenters. The Balaban J connectivity index is 1.67. The number of hydrogen-bond donors (Lipinski definition) is 1. The first-order valence-corrected chi connectivity index (χ1v) is 10.1. The summed E-state index contributed by atoms with van der Waals surface area (Å²) in [6.45, 7) is 1.65. The van der Waals surface area contributed by atoms with E-state index < -0.39 is 10.0 Å². The fraction of sp³-hybridized carbons (Fsp3) is 0.529. The van der Waals surface area contributed by atoms with E-state index in [1.165, 1.54) is 6.33 Å². The summed E-state index contributed by atoms with van der Waals surface area (Å²) in [5, 5.41) is 0.891. The number of rotatable bonds is 6. The largest absolute Gasteiger partial charge is 0.493 e. The van der Waals surface area contributed by atoms with Crippen LogP contribution in [0.3, 0.4) is 0 Å². The van der Waals surface area contributed by atoms with Crippen molar-refractivity contribution >= 4 is 20.9 Å². The molecule has 0 aliphatic heterocycles. The Labute approximate surface area is 147 Å². The van der Waals surface area contributed by atoms with Crippen molar-refractivity contribution in [3.8, 4) is 11.5 Å². The highest BCUT2D eigenvalue weighted by Gasteiger charge is 2.26. The normalized spacial score (nSPS) is 21.2. The maximum atomic E-state index is 11.7. The molecule has 25 heavy (non-hydrogen) atoms. The summed E-state index contributed by atoms with van der Waals surface area (Å²) in [5.74, 6) is 1.42. The molecule has 1 aliphatic carbocycles. The molecule has 8 heteroatoms. The van der Waals surface area contributed by atoms with E-state index in [0.29, 0.717) is 11.5 Å². The Kier molecular flexibility index (Phi) is 5.39. The second-order valence-electron chi connectivity index (χ2n) is 6.20. The Morgan fingerprint density at radius 3 is 2.64 bits per heavy atom. The maximum Gasteiger partial charge on any atom is 0.211 e. The third kappa shape index (κ3) is 4.38. The summed E-state index contributed by atoms with van der Waals surface area (Å²) < 4.78 is 37.7. The Morgan fingerprint density at radius 2 is 1.96 bits per heavy atom. The molecule has 1 N–H and O–H groups in total. The quantitative estimate of drug-likeness (QED) is 0.844. The number of nitrogens with one attached hydrogen (secondary N) is 1. The van der Waals surface area contributed by atoms with Crippen molar-refractivity contribution in [2.75, 3.05) is 12.9 Å². The van der Waals surface area contributed by atoms with E-state index in [-0.39, 0.29) is 17.9 Å². The van der Waals surface area contributed by atoms with Gasteiger partial charge in [-0.3, -0.25) is 0 Å².